The largest absolute Gasteiger partial charge is 0.494 e. The van der Waals surface area contributed by atoms with Crippen molar-refractivity contribution in [2.24, 2.45) is 11.5 Å². The highest BCUT2D eigenvalue weighted by molar-refractivity contribution is 5.96. The fraction of sp³-hybridized carbons (Fsp3) is 0.389. The summed E-state index contributed by atoms with van der Waals surface area (Å²) in [4.78, 5) is 62.7. The molecule has 15 nitrogen and oxygen atoms in total. The van der Waals surface area contributed by atoms with Crippen molar-refractivity contribution in [3.8, 4) is 17.0 Å². The summed E-state index contributed by atoms with van der Waals surface area (Å²) in [6.45, 7) is 3.30. The number of aromatic nitrogens is 3. The Balaban J connectivity index is 1.22. The van der Waals surface area contributed by atoms with Crippen molar-refractivity contribution in [1.82, 2.24) is 29.5 Å². The molecule has 2 aromatic heterocycles. The van der Waals surface area contributed by atoms with Gasteiger partial charge in [-0.3, -0.25) is 23.6 Å². The van der Waals surface area contributed by atoms with Gasteiger partial charge in [0.1, 0.15) is 6.04 Å². The molecule has 0 unspecified atom stereocenters. The van der Waals surface area contributed by atoms with E-state index in [0.29, 0.717) is 59.8 Å². The lowest BCUT2D eigenvalue weighted by Gasteiger charge is -2.37. The molecule has 0 saturated carbocycles. The van der Waals surface area contributed by atoms with Crippen LogP contribution in [0.2, 0.25) is 0 Å². The Morgan fingerprint density at radius 1 is 1.00 bits per heavy atom. The van der Waals surface area contributed by atoms with Crippen LogP contribution >= 0.6 is 0 Å². The van der Waals surface area contributed by atoms with Gasteiger partial charge < -0.3 is 41.7 Å². The molecule has 4 aromatic rings. The van der Waals surface area contributed by atoms with E-state index in [1.54, 1.807) is 45.5 Å². The summed E-state index contributed by atoms with van der Waals surface area (Å²) in [5.41, 5.74) is 14.0. The molecule has 3 heterocycles. The number of anilines is 2. The van der Waals surface area contributed by atoms with Gasteiger partial charge in [-0.05, 0) is 75.0 Å². The Bertz CT molecular complexity index is 1980. The fourth-order valence-electron chi connectivity index (χ4n) is 6.17. The van der Waals surface area contributed by atoms with Gasteiger partial charge in [0, 0.05) is 61.8 Å². The number of fused-ring (bicyclic) bond motifs is 1. The first-order valence-corrected chi connectivity index (χ1v) is 17.2. The van der Waals surface area contributed by atoms with E-state index in [-0.39, 0.29) is 62.1 Å². The molecule has 3 amide bonds. The van der Waals surface area contributed by atoms with Gasteiger partial charge in [-0.2, -0.15) is 4.39 Å². The number of nitrogens with zero attached hydrogens (tertiary/aromatic N) is 5. The molecule has 0 spiro atoms. The molecule has 1 saturated heterocycles. The number of ether oxygens (including phenoxy) is 1. The van der Waals surface area contributed by atoms with Crippen molar-refractivity contribution >= 4 is 40.8 Å². The van der Waals surface area contributed by atoms with Gasteiger partial charge in [0.05, 0.1) is 25.0 Å². The standard InChI is InChI=1S/C36H43F2N9O6/c1-21-19-22(43-32-33-42-20-27(47(33)14-13-41-32)24-8-10-28(53-2)31(38)30(24)37)6-7-23(21)35(51)45-15-17-46(18-16-45)36(52)26(5-3-4-12-39)44-34(50)25(40)9-11-29(48)49/h6-8,10,13-14,19-20,25-26H,3-5,9,11-12,15-18,39-40H2,1-2H3,(H,41,43)(H,44,50)(H,48,49)/t25-,26-/m0/s1. The normalized spacial score (nSPS) is 14.2. The molecule has 0 bridgehead atoms. The number of imidazole rings is 1. The Hall–Kier alpha value is -5.68. The van der Waals surface area contributed by atoms with Gasteiger partial charge in [-0.15, -0.1) is 0 Å². The highest BCUT2D eigenvalue weighted by atomic mass is 19.2. The van der Waals surface area contributed by atoms with Crippen LogP contribution in [0.25, 0.3) is 16.9 Å². The number of rotatable bonds is 15. The average molecular weight is 736 g/mol. The number of aryl methyl sites for hydroxylation is 1. The summed E-state index contributed by atoms with van der Waals surface area (Å²) in [6, 6.07) is 6.05. The van der Waals surface area contributed by atoms with E-state index in [4.69, 9.17) is 21.3 Å². The van der Waals surface area contributed by atoms with Gasteiger partial charge in [0.25, 0.3) is 5.91 Å². The number of nitrogens with two attached hydrogens (primary N) is 2. The lowest BCUT2D eigenvalue weighted by atomic mass is 10.0. The number of carbonyl (C=O) groups is 4. The SMILES string of the molecule is COc1ccc(-c2cnc3c(Nc4ccc(C(=O)N5CCN(C(=O)[C@H](CCCCN)NC(=O)[C@@H](N)CCC(=O)O)CC5)c(C)c4)nccn23)c(F)c1F. The topological polar surface area (TPSA) is 211 Å². The third kappa shape index (κ3) is 8.86. The van der Waals surface area contributed by atoms with Gasteiger partial charge in [-0.1, -0.05) is 0 Å². The smallest absolute Gasteiger partial charge is 0.303 e. The van der Waals surface area contributed by atoms with Gasteiger partial charge >= 0.3 is 5.97 Å². The summed E-state index contributed by atoms with van der Waals surface area (Å²) >= 11 is 0. The number of piperazine rings is 1. The van der Waals surface area contributed by atoms with Crippen LogP contribution < -0.4 is 26.8 Å². The lowest BCUT2D eigenvalue weighted by molar-refractivity contribution is -0.139. The highest BCUT2D eigenvalue weighted by Gasteiger charge is 2.31. The van der Waals surface area contributed by atoms with Crippen molar-refractivity contribution in [3.05, 3.63) is 71.7 Å². The molecule has 1 fully saturated rings. The zero-order chi connectivity index (χ0) is 38.2. The quantitative estimate of drug-likeness (QED) is 0.112. The number of hydrogen-bond donors (Lipinski definition) is 5. The number of carbonyl (C=O) groups excluding carboxylic acids is 3. The van der Waals surface area contributed by atoms with E-state index in [0.717, 1.165) is 0 Å². The summed E-state index contributed by atoms with van der Waals surface area (Å²) in [5.74, 6) is -4.19. The number of nitrogens with one attached hydrogen (secondary N) is 2. The Kier molecular flexibility index (Phi) is 12.5. The third-order valence-corrected chi connectivity index (χ3v) is 9.14. The van der Waals surface area contributed by atoms with Crippen molar-refractivity contribution in [3.63, 3.8) is 0 Å². The molecule has 2 atom stereocenters. The van der Waals surface area contributed by atoms with E-state index in [9.17, 15) is 28.0 Å². The maximum Gasteiger partial charge on any atom is 0.303 e. The number of carboxylic acid groups (broad SMARTS) is 1. The first kappa shape index (κ1) is 38.5. The van der Waals surface area contributed by atoms with Crippen LogP contribution in [-0.4, -0.2) is 105 Å². The van der Waals surface area contributed by atoms with Crippen molar-refractivity contribution in [2.75, 3.05) is 45.2 Å². The first-order valence-electron chi connectivity index (χ1n) is 17.2. The van der Waals surface area contributed by atoms with Crippen LogP contribution in [-0.2, 0) is 14.4 Å². The van der Waals surface area contributed by atoms with Crippen molar-refractivity contribution in [1.29, 1.82) is 0 Å². The predicted octanol–water partition coefficient (Wildman–Crippen LogP) is 2.83. The van der Waals surface area contributed by atoms with Crippen LogP contribution in [0.1, 0.15) is 48.0 Å². The molecule has 0 radical (unpaired) electrons. The zero-order valence-corrected chi connectivity index (χ0v) is 29.5. The number of methoxy groups -OCH3 is 1. The van der Waals surface area contributed by atoms with E-state index in [2.05, 4.69) is 20.6 Å². The van der Waals surface area contributed by atoms with Crippen LogP contribution in [0.5, 0.6) is 5.75 Å². The minimum absolute atomic E-state index is 0.000607. The molecule has 17 heteroatoms. The third-order valence-electron chi connectivity index (χ3n) is 9.14. The van der Waals surface area contributed by atoms with E-state index < -0.39 is 35.6 Å². The summed E-state index contributed by atoms with van der Waals surface area (Å²) in [7, 11) is 1.26. The molecule has 1 aliphatic heterocycles. The molecular formula is C36H43F2N9O6. The lowest BCUT2D eigenvalue weighted by Crippen LogP contribution is -2.57. The fourth-order valence-corrected chi connectivity index (χ4v) is 6.17. The summed E-state index contributed by atoms with van der Waals surface area (Å²) in [5, 5.41) is 14.8. The van der Waals surface area contributed by atoms with Crippen LogP contribution in [0.3, 0.4) is 0 Å². The number of unbranched alkanes of at least 4 members (excludes halogenated alkanes) is 1. The predicted molar refractivity (Wildman–Crippen MR) is 192 cm³/mol. The Morgan fingerprint density at radius 2 is 1.74 bits per heavy atom. The maximum absolute atomic E-state index is 14.9. The average Bonchev–Trinajstić information content (AvgIpc) is 3.59. The van der Waals surface area contributed by atoms with E-state index >= 15 is 0 Å². The van der Waals surface area contributed by atoms with Gasteiger partial charge in [-0.25, -0.2) is 14.4 Å². The first-order chi connectivity index (χ1) is 25.4. The highest BCUT2D eigenvalue weighted by Crippen LogP contribution is 2.32. The van der Waals surface area contributed by atoms with E-state index in [1.165, 1.54) is 31.6 Å². The number of benzene rings is 2. The van der Waals surface area contributed by atoms with Crippen molar-refractivity contribution < 1.29 is 37.8 Å². The second-order valence-corrected chi connectivity index (χ2v) is 12.7. The van der Waals surface area contributed by atoms with Crippen LogP contribution in [0.15, 0.2) is 48.9 Å². The number of halogens is 2. The molecule has 2 aromatic carbocycles. The van der Waals surface area contributed by atoms with Gasteiger partial charge in [0.2, 0.25) is 17.6 Å². The number of carboxylic acids is 1. The molecular weight excluding hydrogens is 692 g/mol. The van der Waals surface area contributed by atoms with Crippen molar-refractivity contribution in [2.45, 2.75) is 51.1 Å². The van der Waals surface area contributed by atoms with Gasteiger partial charge in [0.15, 0.2) is 23.0 Å². The summed E-state index contributed by atoms with van der Waals surface area (Å²) < 4.78 is 35.8. The minimum Gasteiger partial charge on any atom is -0.494 e. The monoisotopic (exact) mass is 735 g/mol. The second kappa shape index (κ2) is 17.2. The zero-order valence-electron chi connectivity index (χ0n) is 29.5. The Labute approximate surface area is 304 Å². The molecule has 0 aliphatic carbocycles. The minimum atomic E-state index is -1.10. The van der Waals surface area contributed by atoms with E-state index in [1.807, 2.05) is 0 Å². The molecule has 1 aliphatic rings. The molecule has 53 heavy (non-hydrogen) atoms. The molecule has 282 valence electrons. The molecule has 5 rings (SSSR count). The number of aliphatic carboxylic acids is 1. The van der Waals surface area contributed by atoms with Crippen LogP contribution in [0.4, 0.5) is 20.3 Å². The number of hydrogen-bond acceptors (Lipinski definition) is 10. The maximum atomic E-state index is 14.9. The second-order valence-electron chi connectivity index (χ2n) is 12.7. The summed E-state index contributed by atoms with van der Waals surface area (Å²) in [6.07, 6.45) is 5.78. The molecule has 7 N–H and O–H groups in total. The Morgan fingerprint density at radius 3 is 2.42 bits per heavy atom. The van der Waals surface area contributed by atoms with Crippen LogP contribution in [0, 0.1) is 18.6 Å². The number of amides is 3.